The zero-order valence-corrected chi connectivity index (χ0v) is 14.4. The Labute approximate surface area is 144 Å². The Balaban J connectivity index is 1.88. The molecule has 0 radical (unpaired) electrons. The molecule has 2 aromatic rings. The highest BCUT2D eigenvalue weighted by molar-refractivity contribution is 7.99. The second kappa shape index (κ2) is 8.49. The van der Waals surface area contributed by atoms with Gasteiger partial charge in [-0.25, -0.2) is 0 Å². The molecule has 7 nitrogen and oxygen atoms in total. The van der Waals surface area contributed by atoms with Gasteiger partial charge in [-0.05, 0) is 19.4 Å². The van der Waals surface area contributed by atoms with Gasteiger partial charge in [0.15, 0.2) is 5.16 Å². The molecule has 1 heterocycles. The molecule has 8 heteroatoms. The number of carbonyl (C=O) groups is 2. The lowest BCUT2D eigenvalue weighted by atomic mass is 9.99. The molecule has 0 bridgehead atoms. The van der Waals surface area contributed by atoms with Gasteiger partial charge in [0.05, 0.1) is 11.7 Å². The molecule has 0 aliphatic carbocycles. The van der Waals surface area contributed by atoms with Crippen molar-refractivity contribution < 1.29 is 14.7 Å². The van der Waals surface area contributed by atoms with Gasteiger partial charge < -0.3 is 15.0 Å². The maximum absolute atomic E-state index is 12.0. The minimum atomic E-state index is -0.964. The Kier molecular flexibility index (Phi) is 6.36. The number of carboxylic acids is 1. The van der Waals surface area contributed by atoms with Crippen LogP contribution in [0, 0.1) is 0 Å². The van der Waals surface area contributed by atoms with Crippen LogP contribution in [0.15, 0.2) is 41.8 Å². The molecule has 0 fully saturated rings. The van der Waals surface area contributed by atoms with Crippen molar-refractivity contribution in [2.45, 2.75) is 31.0 Å². The topological polar surface area (TPSA) is 97.1 Å². The van der Waals surface area contributed by atoms with Gasteiger partial charge in [0.1, 0.15) is 6.33 Å². The van der Waals surface area contributed by atoms with E-state index < -0.39 is 11.9 Å². The van der Waals surface area contributed by atoms with Crippen LogP contribution in [0.2, 0.25) is 0 Å². The van der Waals surface area contributed by atoms with Crippen LogP contribution in [0.5, 0.6) is 0 Å². The van der Waals surface area contributed by atoms with Crippen molar-refractivity contribution in [2.24, 2.45) is 0 Å². The third-order valence-electron chi connectivity index (χ3n) is 3.43. The van der Waals surface area contributed by atoms with Gasteiger partial charge in [-0.3, -0.25) is 9.59 Å². The summed E-state index contributed by atoms with van der Waals surface area (Å²) >= 11 is 1.28. The predicted molar refractivity (Wildman–Crippen MR) is 91.0 cm³/mol. The van der Waals surface area contributed by atoms with Gasteiger partial charge in [0.25, 0.3) is 0 Å². The van der Waals surface area contributed by atoms with Crippen LogP contribution >= 0.6 is 11.8 Å². The zero-order chi connectivity index (χ0) is 17.5. The number of rotatable bonds is 8. The average Bonchev–Trinajstić information content (AvgIpc) is 3.02. The molecule has 2 rings (SSSR count). The van der Waals surface area contributed by atoms with E-state index >= 15 is 0 Å². The summed E-state index contributed by atoms with van der Waals surface area (Å²) in [5.74, 6) is -1.80. The summed E-state index contributed by atoms with van der Waals surface area (Å²) in [7, 11) is 0. The monoisotopic (exact) mass is 348 g/mol. The fourth-order valence-corrected chi connectivity index (χ4v) is 2.99. The summed E-state index contributed by atoms with van der Waals surface area (Å²) in [6.45, 7) is 4.06. The summed E-state index contributed by atoms with van der Waals surface area (Å²) in [5, 5.41) is 20.5. The van der Waals surface area contributed by atoms with Gasteiger partial charge in [-0.15, -0.1) is 10.2 Å². The SMILES string of the molecule is CC(C)n1cnnc1SCC(=O)NCC(C(=O)O)c1ccccc1. The van der Waals surface area contributed by atoms with Crippen LogP contribution in [0.1, 0.15) is 31.4 Å². The number of nitrogens with one attached hydrogen (secondary N) is 1. The van der Waals surface area contributed by atoms with Crippen molar-refractivity contribution in [3.05, 3.63) is 42.2 Å². The molecule has 1 aromatic carbocycles. The Bertz CT molecular complexity index is 688. The van der Waals surface area contributed by atoms with Crippen molar-refractivity contribution in [3.8, 4) is 0 Å². The third-order valence-corrected chi connectivity index (χ3v) is 4.39. The molecule has 2 N–H and O–H groups in total. The van der Waals surface area contributed by atoms with Crippen LogP contribution in [-0.2, 0) is 9.59 Å². The van der Waals surface area contributed by atoms with Gasteiger partial charge in [-0.2, -0.15) is 0 Å². The first-order valence-corrected chi connectivity index (χ1v) is 8.54. The normalized spacial score (nSPS) is 12.1. The number of amides is 1. The summed E-state index contributed by atoms with van der Waals surface area (Å²) in [4.78, 5) is 23.4. The molecular formula is C16H20N4O3S. The van der Waals surface area contributed by atoms with Crippen LogP contribution in [0.3, 0.4) is 0 Å². The molecular weight excluding hydrogens is 328 g/mol. The molecule has 1 aromatic heterocycles. The molecule has 1 atom stereocenters. The van der Waals surface area contributed by atoms with Crippen molar-refractivity contribution in [1.82, 2.24) is 20.1 Å². The highest BCUT2D eigenvalue weighted by atomic mass is 32.2. The zero-order valence-electron chi connectivity index (χ0n) is 13.5. The fourth-order valence-electron chi connectivity index (χ4n) is 2.12. The number of thioether (sulfide) groups is 1. The van der Waals surface area contributed by atoms with E-state index in [2.05, 4.69) is 15.5 Å². The summed E-state index contributed by atoms with van der Waals surface area (Å²) in [5.41, 5.74) is 0.664. The molecule has 128 valence electrons. The number of hydrogen-bond donors (Lipinski definition) is 2. The molecule has 0 aliphatic heterocycles. The van der Waals surface area contributed by atoms with Gasteiger partial charge in [-0.1, -0.05) is 42.1 Å². The van der Waals surface area contributed by atoms with E-state index in [4.69, 9.17) is 0 Å². The Morgan fingerprint density at radius 1 is 1.29 bits per heavy atom. The maximum atomic E-state index is 12.0. The van der Waals surface area contributed by atoms with E-state index in [1.807, 2.05) is 24.5 Å². The maximum Gasteiger partial charge on any atom is 0.312 e. The Morgan fingerprint density at radius 2 is 2.00 bits per heavy atom. The number of carboxylic acid groups (broad SMARTS) is 1. The highest BCUT2D eigenvalue weighted by Crippen LogP contribution is 2.19. The molecule has 0 saturated heterocycles. The summed E-state index contributed by atoms with van der Waals surface area (Å²) in [6.07, 6.45) is 1.63. The average molecular weight is 348 g/mol. The summed E-state index contributed by atoms with van der Waals surface area (Å²) in [6, 6.07) is 9.07. The number of benzene rings is 1. The van der Waals surface area contributed by atoms with Crippen molar-refractivity contribution in [3.63, 3.8) is 0 Å². The second-order valence-corrected chi connectivity index (χ2v) is 6.45. The first-order chi connectivity index (χ1) is 11.5. The Morgan fingerprint density at radius 3 is 2.62 bits per heavy atom. The number of aliphatic carboxylic acids is 1. The van der Waals surface area contributed by atoms with Gasteiger partial charge >= 0.3 is 5.97 Å². The van der Waals surface area contributed by atoms with Crippen LogP contribution in [0.25, 0.3) is 0 Å². The van der Waals surface area contributed by atoms with Gasteiger partial charge in [0.2, 0.25) is 5.91 Å². The number of aromatic nitrogens is 3. The third kappa shape index (κ3) is 4.82. The van der Waals surface area contributed by atoms with E-state index in [9.17, 15) is 14.7 Å². The minimum absolute atomic E-state index is 0.0512. The van der Waals surface area contributed by atoms with Crippen LogP contribution in [-0.4, -0.2) is 44.0 Å². The highest BCUT2D eigenvalue weighted by Gasteiger charge is 2.20. The molecule has 24 heavy (non-hydrogen) atoms. The summed E-state index contributed by atoms with van der Waals surface area (Å²) < 4.78 is 1.88. The molecule has 1 amide bonds. The number of carbonyl (C=O) groups excluding carboxylic acids is 1. The molecule has 1 unspecified atom stereocenters. The standard InChI is InChI=1S/C16H20N4O3S/c1-11(2)20-10-18-19-16(20)24-9-14(21)17-8-13(15(22)23)12-6-4-3-5-7-12/h3-7,10-11,13H,8-9H2,1-2H3,(H,17,21)(H,22,23). The lowest BCUT2D eigenvalue weighted by molar-refractivity contribution is -0.138. The number of nitrogens with zero attached hydrogens (tertiary/aromatic N) is 3. The molecule has 0 aliphatic rings. The number of hydrogen-bond acceptors (Lipinski definition) is 5. The first kappa shape index (κ1) is 18.0. The van der Waals surface area contributed by atoms with Crippen molar-refractivity contribution >= 4 is 23.6 Å². The Hall–Kier alpha value is -2.35. The van der Waals surface area contributed by atoms with Crippen molar-refractivity contribution in [2.75, 3.05) is 12.3 Å². The first-order valence-electron chi connectivity index (χ1n) is 7.55. The van der Waals surface area contributed by atoms with Crippen molar-refractivity contribution in [1.29, 1.82) is 0 Å². The minimum Gasteiger partial charge on any atom is -0.481 e. The lowest BCUT2D eigenvalue weighted by Gasteiger charge is -2.14. The van der Waals surface area contributed by atoms with Crippen LogP contribution in [0.4, 0.5) is 0 Å². The van der Waals surface area contributed by atoms with E-state index in [-0.39, 0.29) is 24.2 Å². The fraction of sp³-hybridized carbons (Fsp3) is 0.375. The van der Waals surface area contributed by atoms with E-state index in [0.29, 0.717) is 10.7 Å². The molecule has 0 spiro atoms. The van der Waals surface area contributed by atoms with E-state index in [1.54, 1.807) is 30.6 Å². The van der Waals surface area contributed by atoms with E-state index in [0.717, 1.165) is 0 Å². The van der Waals surface area contributed by atoms with Crippen LogP contribution < -0.4 is 5.32 Å². The lowest BCUT2D eigenvalue weighted by Crippen LogP contribution is -2.32. The van der Waals surface area contributed by atoms with E-state index in [1.165, 1.54) is 11.8 Å². The smallest absolute Gasteiger partial charge is 0.312 e. The quantitative estimate of drug-likeness (QED) is 0.708. The second-order valence-electron chi connectivity index (χ2n) is 5.51. The largest absolute Gasteiger partial charge is 0.481 e. The molecule has 0 saturated carbocycles. The van der Waals surface area contributed by atoms with Gasteiger partial charge in [0, 0.05) is 12.6 Å². The predicted octanol–water partition coefficient (Wildman–Crippen LogP) is 1.94.